The van der Waals surface area contributed by atoms with Crippen molar-refractivity contribution in [2.24, 2.45) is 4.99 Å². The molecule has 2 rings (SSSR count). The fourth-order valence-electron chi connectivity index (χ4n) is 3.46. The monoisotopic (exact) mass is 392 g/mol. The van der Waals surface area contributed by atoms with Gasteiger partial charge in [0.05, 0.1) is 6.04 Å². The molecule has 1 N–H and O–H groups in total. The van der Waals surface area contributed by atoms with Crippen LogP contribution in [0, 0.1) is 0 Å². The molecule has 2 aliphatic rings. The number of hydrogen-bond donors (Lipinski definition) is 1. The predicted molar refractivity (Wildman–Crippen MR) is 112 cm³/mol. The van der Waals surface area contributed by atoms with E-state index in [2.05, 4.69) is 26.7 Å². The number of rotatable bonds is 6. The van der Waals surface area contributed by atoms with Gasteiger partial charge in [-0.1, -0.05) is 12.2 Å². The van der Waals surface area contributed by atoms with Crippen LogP contribution >= 0.6 is 0 Å². The number of nitrogens with one attached hydrogen (secondary N) is 1. The van der Waals surface area contributed by atoms with Gasteiger partial charge in [-0.05, 0) is 26.7 Å². The van der Waals surface area contributed by atoms with E-state index >= 15 is 0 Å². The number of amides is 2. The molecule has 28 heavy (non-hydrogen) atoms. The highest BCUT2D eigenvalue weighted by Crippen LogP contribution is 2.14. The first-order valence-electron chi connectivity index (χ1n) is 10.2. The van der Waals surface area contributed by atoms with Gasteiger partial charge in [0.1, 0.15) is 6.54 Å². The lowest BCUT2D eigenvalue weighted by Crippen LogP contribution is -2.57. The Kier molecular flexibility index (Phi) is 8.29. The minimum absolute atomic E-state index is 0.0295. The van der Waals surface area contributed by atoms with Crippen LogP contribution in [-0.4, -0.2) is 110 Å². The van der Waals surface area contributed by atoms with E-state index in [0.717, 1.165) is 63.6 Å². The van der Waals surface area contributed by atoms with Crippen molar-refractivity contribution in [3.05, 3.63) is 12.2 Å². The van der Waals surface area contributed by atoms with E-state index in [9.17, 15) is 9.59 Å². The zero-order valence-electron chi connectivity index (χ0n) is 17.9. The van der Waals surface area contributed by atoms with Crippen LogP contribution < -0.4 is 5.32 Å². The fraction of sp³-hybridized carbons (Fsp3) is 0.750. The summed E-state index contributed by atoms with van der Waals surface area (Å²) in [6.45, 7) is 13.6. The number of guanidine groups is 1. The van der Waals surface area contributed by atoms with Crippen LogP contribution in [0.1, 0.15) is 26.7 Å². The third-order valence-corrected chi connectivity index (χ3v) is 5.35. The summed E-state index contributed by atoms with van der Waals surface area (Å²) in [5, 5.41) is 3.31. The summed E-state index contributed by atoms with van der Waals surface area (Å²) in [5.74, 6) is 0.950. The van der Waals surface area contributed by atoms with Gasteiger partial charge in [-0.3, -0.25) is 14.5 Å². The number of nitrogens with zero attached hydrogens (tertiary/aromatic N) is 5. The average Bonchev–Trinajstić information content (AvgIpc) is 3.21. The van der Waals surface area contributed by atoms with Gasteiger partial charge in [-0.2, -0.15) is 0 Å². The molecule has 2 amide bonds. The smallest absolute Gasteiger partial charge is 0.243 e. The van der Waals surface area contributed by atoms with Gasteiger partial charge in [0.2, 0.25) is 11.8 Å². The van der Waals surface area contributed by atoms with Crippen LogP contribution in [0.2, 0.25) is 0 Å². The normalized spacial score (nSPS) is 19.5. The molecule has 0 aliphatic carbocycles. The first kappa shape index (κ1) is 22.2. The minimum atomic E-state index is -0.0839. The second-order valence-electron chi connectivity index (χ2n) is 7.97. The number of aliphatic imine (C=N–C) groups is 1. The molecule has 1 atom stereocenters. The van der Waals surface area contributed by atoms with E-state index in [1.807, 2.05) is 18.7 Å². The van der Waals surface area contributed by atoms with Crippen LogP contribution in [0.25, 0.3) is 0 Å². The van der Waals surface area contributed by atoms with E-state index < -0.39 is 0 Å². The van der Waals surface area contributed by atoms with Gasteiger partial charge in [0.15, 0.2) is 5.96 Å². The van der Waals surface area contributed by atoms with E-state index in [0.29, 0.717) is 6.54 Å². The quantitative estimate of drug-likeness (QED) is 0.398. The van der Waals surface area contributed by atoms with E-state index in [1.165, 1.54) is 0 Å². The van der Waals surface area contributed by atoms with Gasteiger partial charge in [-0.25, -0.2) is 4.99 Å². The Morgan fingerprint density at radius 3 is 2.21 bits per heavy atom. The molecule has 0 aromatic heterocycles. The van der Waals surface area contributed by atoms with E-state index in [1.54, 1.807) is 19.0 Å². The summed E-state index contributed by atoms with van der Waals surface area (Å²) in [4.78, 5) is 37.0. The minimum Gasteiger partial charge on any atom is -0.353 e. The topological polar surface area (TPSA) is 71.5 Å². The number of carbonyl (C=O) groups is 2. The molecule has 2 saturated heterocycles. The number of carbonyl (C=O) groups excluding carboxylic acids is 2. The van der Waals surface area contributed by atoms with Gasteiger partial charge < -0.3 is 20.0 Å². The van der Waals surface area contributed by atoms with Crippen molar-refractivity contribution in [3.8, 4) is 0 Å². The van der Waals surface area contributed by atoms with Crippen molar-refractivity contribution in [3.63, 3.8) is 0 Å². The van der Waals surface area contributed by atoms with Crippen molar-refractivity contribution in [2.45, 2.75) is 32.7 Å². The van der Waals surface area contributed by atoms with Crippen LogP contribution in [0.5, 0.6) is 0 Å². The third kappa shape index (κ3) is 6.22. The average molecular weight is 393 g/mol. The maximum Gasteiger partial charge on any atom is 0.243 e. The first-order valence-corrected chi connectivity index (χ1v) is 10.2. The maximum absolute atomic E-state index is 12.7. The number of hydrogen-bond acceptors (Lipinski definition) is 4. The first-order chi connectivity index (χ1) is 13.3. The Hall–Kier alpha value is -2.09. The molecule has 2 fully saturated rings. The summed E-state index contributed by atoms with van der Waals surface area (Å²) in [7, 11) is 3.47. The Morgan fingerprint density at radius 2 is 1.68 bits per heavy atom. The SMILES string of the molecule is C=C(C)CNC(=NCC(=O)N(C)C)N1CCN(C(C)C(=O)N2CCCC2)CC1. The van der Waals surface area contributed by atoms with Gasteiger partial charge >= 0.3 is 0 Å². The highest BCUT2D eigenvalue weighted by atomic mass is 16.2. The van der Waals surface area contributed by atoms with Crippen LogP contribution in [0.3, 0.4) is 0 Å². The molecule has 0 saturated carbocycles. The highest BCUT2D eigenvalue weighted by Gasteiger charge is 2.30. The van der Waals surface area contributed by atoms with Crippen molar-refractivity contribution in [2.75, 3.05) is 66.5 Å². The number of likely N-dealkylation sites (tertiary alicyclic amines) is 1. The van der Waals surface area contributed by atoms with Crippen molar-refractivity contribution < 1.29 is 9.59 Å². The Morgan fingerprint density at radius 1 is 1.07 bits per heavy atom. The Balaban J connectivity index is 1.93. The Labute approximate surface area is 169 Å². The largest absolute Gasteiger partial charge is 0.353 e. The van der Waals surface area contributed by atoms with Crippen LogP contribution in [0.4, 0.5) is 0 Å². The van der Waals surface area contributed by atoms with E-state index in [4.69, 9.17) is 0 Å². The molecular weight excluding hydrogens is 356 g/mol. The number of piperazine rings is 1. The summed E-state index contributed by atoms with van der Waals surface area (Å²) in [6, 6.07) is -0.0839. The van der Waals surface area contributed by atoms with Crippen molar-refractivity contribution in [1.82, 2.24) is 24.9 Å². The third-order valence-electron chi connectivity index (χ3n) is 5.35. The van der Waals surface area contributed by atoms with E-state index in [-0.39, 0.29) is 24.4 Å². The molecule has 0 radical (unpaired) electrons. The lowest BCUT2D eigenvalue weighted by Gasteiger charge is -2.39. The molecule has 0 aromatic rings. The summed E-state index contributed by atoms with van der Waals surface area (Å²) in [6.07, 6.45) is 2.23. The van der Waals surface area contributed by atoms with Gasteiger partial charge in [0, 0.05) is 59.9 Å². The molecule has 2 heterocycles. The molecule has 1 unspecified atom stereocenters. The van der Waals surface area contributed by atoms with Crippen molar-refractivity contribution in [1.29, 1.82) is 0 Å². The lowest BCUT2D eigenvalue weighted by molar-refractivity contribution is -0.135. The molecule has 158 valence electrons. The maximum atomic E-state index is 12.7. The zero-order chi connectivity index (χ0) is 20.7. The zero-order valence-corrected chi connectivity index (χ0v) is 17.9. The molecule has 0 bridgehead atoms. The van der Waals surface area contributed by atoms with Crippen LogP contribution in [-0.2, 0) is 9.59 Å². The predicted octanol–water partition coefficient (Wildman–Crippen LogP) is 0.225. The molecule has 8 nitrogen and oxygen atoms in total. The molecule has 2 aliphatic heterocycles. The summed E-state index contributed by atoms with van der Waals surface area (Å²) < 4.78 is 0. The second kappa shape index (κ2) is 10.5. The molecular formula is C20H36N6O2. The van der Waals surface area contributed by atoms with Gasteiger partial charge in [-0.15, -0.1) is 0 Å². The molecule has 8 heteroatoms. The summed E-state index contributed by atoms with van der Waals surface area (Å²) >= 11 is 0. The second-order valence-corrected chi connectivity index (χ2v) is 7.97. The highest BCUT2D eigenvalue weighted by molar-refractivity contribution is 5.85. The Bertz CT molecular complexity index is 590. The summed E-state index contributed by atoms with van der Waals surface area (Å²) in [5.41, 5.74) is 1.01. The fourth-order valence-corrected chi connectivity index (χ4v) is 3.46. The van der Waals surface area contributed by atoms with Gasteiger partial charge in [0.25, 0.3) is 0 Å². The molecule has 0 aromatic carbocycles. The standard InChI is InChI=1S/C20H36N6O2/c1-16(2)14-21-20(22-15-18(27)23(4)5)26-12-10-24(11-13-26)17(3)19(28)25-8-6-7-9-25/h17H,1,6-15H2,2-5H3,(H,21,22). The number of likely N-dealkylation sites (N-methyl/N-ethyl adjacent to an activating group) is 1. The molecule has 0 spiro atoms. The van der Waals surface area contributed by atoms with Crippen LogP contribution in [0.15, 0.2) is 17.1 Å². The lowest BCUT2D eigenvalue weighted by atomic mass is 10.2. The van der Waals surface area contributed by atoms with Crippen molar-refractivity contribution >= 4 is 17.8 Å².